The maximum absolute atomic E-state index is 5.24. The Bertz CT molecular complexity index is 77.9. The summed E-state index contributed by atoms with van der Waals surface area (Å²) < 4.78 is 10.2. The Morgan fingerprint density at radius 2 is 1.83 bits per heavy atom. The Balaban J connectivity index is 0.000000561. The van der Waals surface area contributed by atoms with Gasteiger partial charge in [-0.2, -0.15) is 0 Å². The number of hydrogen-bond donors (Lipinski definition) is 0. The SMILES string of the molecule is CC.COCCC1CCOCC1. The van der Waals surface area contributed by atoms with Gasteiger partial charge in [0.2, 0.25) is 0 Å². The van der Waals surface area contributed by atoms with E-state index < -0.39 is 0 Å². The molecule has 1 saturated heterocycles. The molecule has 2 heteroatoms. The van der Waals surface area contributed by atoms with Gasteiger partial charge in [-0.25, -0.2) is 0 Å². The van der Waals surface area contributed by atoms with Crippen LogP contribution in [0.25, 0.3) is 0 Å². The molecule has 1 heterocycles. The topological polar surface area (TPSA) is 18.5 Å². The van der Waals surface area contributed by atoms with E-state index in [9.17, 15) is 0 Å². The molecule has 0 atom stereocenters. The van der Waals surface area contributed by atoms with Gasteiger partial charge in [-0.15, -0.1) is 0 Å². The molecule has 0 radical (unpaired) electrons. The highest BCUT2D eigenvalue weighted by atomic mass is 16.5. The highest BCUT2D eigenvalue weighted by Crippen LogP contribution is 2.17. The van der Waals surface area contributed by atoms with Gasteiger partial charge in [0.05, 0.1) is 0 Å². The van der Waals surface area contributed by atoms with Gasteiger partial charge in [0.25, 0.3) is 0 Å². The molecule has 1 aliphatic rings. The molecule has 0 bridgehead atoms. The van der Waals surface area contributed by atoms with Crippen molar-refractivity contribution in [1.29, 1.82) is 0 Å². The molecule has 74 valence electrons. The molecule has 12 heavy (non-hydrogen) atoms. The number of methoxy groups -OCH3 is 1. The van der Waals surface area contributed by atoms with Crippen LogP contribution in [0.1, 0.15) is 33.1 Å². The molecule has 1 rings (SSSR count). The summed E-state index contributed by atoms with van der Waals surface area (Å²) in [5.74, 6) is 0.855. The van der Waals surface area contributed by atoms with Crippen LogP contribution in [0.15, 0.2) is 0 Å². The van der Waals surface area contributed by atoms with E-state index in [1.54, 1.807) is 7.11 Å². The Morgan fingerprint density at radius 1 is 1.25 bits per heavy atom. The van der Waals surface area contributed by atoms with E-state index in [2.05, 4.69) is 0 Å². The first kappa shape index (κ1) is 11.9. The van der Waals surface area contributed by atoms with Crippen molar-refractivity contribution in [2.45, 2.75) is 33.1 Å². The lowest BCUT2D eigenvalue weighted by atomic mass is 9.97. The van der Waals surface area contributed by atoms with Crippen LogP contribution < -0.4 is 0 Å². The zero-order valence-electron chi connectivity index (χ0n) is 8.64. The zero-order chi connectivity index (χ0) is 9.23. The minimum Gasteiger partial charge on any atom is -0.385 e. The number of ether oxygens (including phenoxy) is 2. The lowest BCUT2D eigenvalue weighted by Gasteiger charge is -2.21. The van der Waals surface area contributed by atoms with Crippen molar-refractivity contribution in [3.63, 3.8) is 0 Å². The van der Waals surface area contributed by atoms with E-state index in [1.165, 1.54) is 19.3 Å². The smallest absolute Gasteiger partial charge is 0.0468 e. The molecule has 2 nitrogen and oxygen atoms in total. The van der Waals surface area contributed by atoms with E-state index >= 15 is 0 Å². The van der Waals surface area contributed by atoms with E-state index in [1.807, 2.05) is 13.8 Å². The van der Waals surface area contributed by atoms with E-state index in [4.69, 9.17) is 9.47 Å². The average Bonchev–Trinajstić information content (AvgIpc) is 2.19. The second-order valence-electron chi connectivity index (χ2n) is 2.84. The fraction of sp³-hybridized carbons (Fsp3) is 1.00. The molecule has 1 aliphatic heterocycles. The Morgan fingerprint density at radius 3 is 2.33 bits per heavy atom. The van der Waals surface area contributed by atoms with Crippen LogP contribution in [0.5, 0.6) is 0 Å². The lowest BCUT2D eigenvalue weighted by Crippen LogP contribution is -2.16. The summed E-state index contributed by atoms with van der Waals surface area (Å²) in [6.45, 7) is 6.81. The quantitative estimate of drug-likeness (QED) is 0.654. The second-order valence-corrected chi connectivity index (χ2v) is 2.84. The highest BCUT2D eigenvalue weighted by Gasteiger charge is 2.12. The van der Waals surface area contributed by atoms with Crippen LogP contribution in [-0.2, 0) is 9.47 Å². The predicted octanol–water partition coefficient (Wildman–Crippen LogP) is 2.48. The number of hydrogen-bond acceptors (Lipinski definition) is 2. The Hall–Kier alpha value is -0.0800. The summed E-state index contributed by atoms with van der Waals surface area (Å²) in [6.07, 6.45) is 3.66. The van der Waals surface area contributed by atoms with Crippen molar-refractivity contribution in [3.8, 4) is 0 Å². The Kier molecular flexibility index (Phi) is 8.95. The van der Waals surface area contributed by atoms with Crippen molar-refractivity contribution in [3.05, 3.63) is 0 Å². The van der Waals surface area contributed by atoms with Gasteiger partial charge in [0, 0.05) is 26.9 Å². The van der Waals surface area contributed by atoms with Crippen molar-refractivity contribution in [1.82, 2.24) is 0 Å². The predicted molar refractivity (Wildman–Crippen MR) is 51.4 cm³/mol. The van der Waals surface area contributed by atoms with Crippen LogP contribution in [0, 0.1) is 5.92 Å². The third-order valence-electron chi connectivity index (χ3n) is 2.07. The van der Waals surface area contributed by atoms with Gasteiger partial charge in [-0.05, 0) is 25.2 Å². The molecular weight excluding hydrogens is 152 g/mol. The summed E-state index contributed by atoms with van der Waals surface area (Å²) in [6, 6.07) is 0. The average molecular weight is 174 g/mol. The number of rotatable bonds is 3. The second kappa shape index (κ2) is 9.01. The summed E-state index contributed by atoms with van der Waals surface area (Å²) in [4.78, 5) is 0. The molecule has 0 amide bonds. The first-order chi connectivity index (χ1) is 5.93. The molecule has 0 aromatic heterocycles. The largest absolute Gasteiger partial charge is 0.385 e. The summed E-state index contributed by atoms with van der Waals surface area (Å²) >= 11 is 0. The van der Waals surface area contributed by atoms with Gasteiger partial charge < -0.3 is 9.47 Å². The van der Waals surface area contributed by atoms with Crippen molar-refractivity contribution >= 4 is 0 Å². The lowest BCUT2D eigenvalue weighted by molar-refractivity contribution is 0.0540. The van der Waals surface area contributed by atoms with Crippen molar-refractivity contribution in [2.24, 2.45) is 5.92 Å². The van der Waals surface area contributed by atoms with Crippen LogP contribution >= 0.6 is 0 Å². The van der Waals surface area contributed by atoms with Crippen molar-refractivity contribution in [2.75, 3.05) is 26.9 Å². The Labute approximate surface area is 76.3 Å². The van der Waals surface area contributed by atoms with Crippen LogP contribution in [0.2, 0.25) is 0 Å². The van der Waals surface area contributed by atoms with Gasteiger partial charge in [-0.3, -0.25) is 0 Å². The van der Waals surface area contributed by atoms with E-state index in [0.717, 1.165) is 25.7 Å². The third kappa shape index (κ3) is 5.56. The van der Waals surface area contributed by atoms with Gasteiger partial charge in [0.1, 0.15) is 0 Å². The van der Waals surface area contributed by atoms with Gasteiger partial charge in [0.15, 0.2) is 0 Å². The minimum absolute atomic E-state index is 0.855. The third-order valence-corrected chi connectivity index (χ3v) is 2.07. The maximum Gasteiger partial charge on any atom is 0.0468 e. The molecule has 1 fully saturated rings. The van der Waals surface area contributed by atoms with Crippen LogP contribution in [0.4, 0.5) is 0 Å². The summed E-state index contributed by atoms with van der Waals surface area (Å²) in [5.41, 5.74) is 0. The molecular formula is C10H22O2. The molecule has 0 aromatic carbocycles. The highest BCUT2D eigenvalue weighted by molar-refractivity contribution is 4.62. The van der Waals surface area contributed by atoms with Gasteiger partial charge in [-0.1, -0.05) is 13.8 Å². The first-order valence-electron chi connectivity index (χ1n) is 5.00. The monoisotopic (exact) mass is 174 g/mol. The zero-order valence-corrected chi connectivity index (χ0v) is 8.64. The summed E-state index contributed by atoms with van der Waals surface area (Å²) in [7, 11) is 1.76. The van der Waals surface area contributed by atoms with Crippen molar-refractivity contribution < 1.29 is 9.47 Å². The fourth-order valence-electron chi connectivity index (χ4n) is 1.32. The standard InChI is InChI=1S/C8H16O2.C2H6/c1-9-5-2-8-3-6-10-7-4-8;1-2/h8H,2-7H2,1H3;1-2H3. The molecule has 0 saturated carbocycles. The normalized spacial score (nSPS) is 18.2. The van der Waals surface area contributed by atoms with Crippen LogP contribution in [-0.4, -0.2) is 26.9 Å². The molecule has 0 N–H and O–H groups in total. The van der Waals surface area contributed by atoms with Gasteiger partial charge >= 0.3 is 0 Å². The maximum atomic E-state index is 5.24. The first-order valence-corrected chi connectivity index (χ1v) is 5.00. The summed E-state index contributed by atoms with van der Waals surface area (Å²) in [5, 5.41) is 0. The molecule has 0 aromatic rings. The van der Waals surface area contributed by atoms with Crippen LogP contribution in [0.3, 0.4) is 0 Å². The van der Waals surface area contributed by atoms with E-state index in [-0.39, 0.29) is 0 Å². The molecule has 0 aliphatic carbocycles. The molecule has 0 spiro atoms. The minimum atomic E-state index is 0.855. The van der Waals surface area contributed by atoms with E-state index in [0.29, 0.717) is 0 Å². The molecule has 0 unspecified atom stereocenters. The fourth-order valence-corrected chi connectivity index (χ4v) is 1.32.